The molecule has 0 spiro atoms. The van der Waals surface area contributed by atoms with E-state index in [9.17, 15) is 0 Å². The maximum Gasteiger partial charge on any atom is 0.147 e. The summed E-state index contributed by atoms with van der Waals surface area (Å²) in [6.45, 7) is 6.52. The zero-order valence-electron chi connectivity index (χ0n) is 11.6. The molecule has 0 aliphatic rings. The molecule has 19 heavy (non-hydrogen) atoms. The molecule has 0 aliphatic heterocycles. The number of aromatic nitrogens is 2. The fourth-order valence-electron chi connectivity index (χ4n) is 1.69. The number of aryl methyl sites for hydroxylation is 2. The minimum absolute atomic E-state index is 0.711. The fraction of sp³-hybridized carbons (Fsp3) is 0.429. The largest absolute Gasteiger partial charge is 0.383 e. The van der Waals surface area contributed by atoms with Gasteiger partial charge >= 0.3 is 0 Å². The second-order valence-corrected chi connectivity index (χ2v) is 5.53. The van der Waals surface area contributed by atoms with Crippen molar-refractivity contribution in [2.24, 2.45) is 0 Å². The number of rotatable bonds is 6. The summed E-state index contributed by atoms with van der Waals surface area (Å²) >= 11 is 1.63. The van der Waals surface area contributed by atoms with Gasteiger partial charge in [0.25, 0.3) is 0 Å². The van der Waals surface area contributed by atoms with E-state index < -0.39 is 0 Å². The third kappa shape index (κ3) is 3.83. The van der Waals surface area contributed by atoms with Crippen molar-refractivity contribution in [3.8, 4) is 10.6 Å². The van der Waals surface area contributed by atoms with Gasteiger partial charge in [0, 0.05) is 25.8 Å². The Kier molecular flexibility index (Phi) is 5.01. The van der Waals surface area contributed by atoms with Crippen LogP contribution in [0.2, 0.25) is 0 Å². The summed E-state index contributed by atoms with van der Waals surface area (Å²) in [5.74, 6) is 0. The highest BCUT2D eigenvalue weighted by molar-refractivity contribution is 7.14. The van der Waals surface area contributed by atoms with E-state index in [1.165, 1.54) is 11.1 Å². The summed E-state index contributed by atoms with van der Waals surface area (Å²) in [4.78, 5) is 0. The highest BCUT2D eigenvalue weighted by Gasteiger charge is 2.07. The lowest BCUT2D eigenvalue weighted by atomic mass is 10.1. The Labute approximate surface area is 117 Å². The van der Waals surface area contributed by atoms with E-state index in [4.69, 9.17) is 4.74 Å². The number of hydrogen-bond acceptors (Lipinski definition) is 5. The first-order chi connectivity index (χ1) is 9.20. The normalized spacial score (nSPS) is 10.9. The average molecular weight is 277 g/mol. The molecule has 0 fully saturated rings. The smallest absolute Gasteiger partial charge is 0.147 e. The quantitative estimate of drug-likeness (QED) is 0.824. The van der Waals surface area contributed by atoms with Crippen LogP contribution >= 0.6 is 11.3 Å². The van der Waals surface area contributed by atoms with Gasteiger partial charge < -0.3 is 10.1 Å². The van der Waals surface area contributed by atoms with E-state index in [-0.39, 0.29) is 0 Å². The Hall–Kier alpha value is -1.30. The Bertz CT molecular complexity index is 539. The molecule has 0 atom stereocenters. The Morgan fingerprint density at radius 1 is 1.21 bits per heavy atom. The van der Waals surface area contributed by atoms with Crippen molar-refractivity contribution < 1.29 is 4.74 Å². The molecule has 2 rings (SSSR count). The van der Waals surface area contributed by atoms with Gasteiger partial charge in [-0.05, 0) is 31.0 Å². The van der Waals surface area contributed by atoms with Gasteiger partial charge in [-0.2, -0.15) is 0 Å². The molecule has 0 saturated carbocycles. The van der Waals surface area contributed by atoms with Gasteiger partial charge in [0.05, 0.1) is 6.61 Å². The molecule has 5 heteroatoms. The first-order valence-corrected chi connectivity index (χ1v) is 7.12. The minimum Gasteiger partial charge on any atom is -0.383 e. The van der Waals surface area contributed by atoms with Crippen LogP contribution in [0, 0.1) is 13.8 Å². The van der Waals surface area contributed by atoms with Crippen LogP contribution in [0.5, 0.6) is 0 Å². The van der Waals surface area contributed by atoms with Crippen molar-refractivity contribution in [3.05, 3.63) is 34.3 Å². The van der Waals surface area contributed by atoms with Gasteiger partial charge in [-0.3, -0.25) is 0 Å². The number of ether oxygens (including phenoxy) is 1. The topological polar surface area (TPSA) is 47.0 Å². The van der Waals surface area contributed by atoms with Gasteiger partial charge in [0.1, 0.15) is 10.0 Å². The molecule has 0 radical (unpaired) electrons. The van der Waals surface area contributed by atoms with Crippen molar-refractivity contribution in [2.75, 3.05) is 20.3 Å². The first kappa shape index (κ1) is 14.1. The third-order valence-electron chi connectivity index (χ3n) is 2.98. The predicted molar refractivity (Wildman–Crippen MR) is 78.4 cm³/mol. The monoisotopic (exact) mass is 277 g/mol. The molecule has 0 saturated heterocycles. The number of methoxy groups -OCH3 is 1. The van der Waals surface area contributed by atoms with E-state index in [0.29, 0.717) is 6.61 Å². The molecule has 1 heterocycles. The van der Waals surface area contributed by atoms with Crippen LogP contribution in [0.1, 0.15) is 16.1 Å². The fourth-order valence-corrected chi connectivity index (χ4v) is 2.49. The molecule has 0 unspecified atom stereocenters. The molecule has 4 nitrogen and oxygen atoms in total. The van der Waals surface area contributed by atoms with E-state index in [0.717, 1.165) is 28.7 Å². The van der Waals surface area contributed by atoms with E-state index in [1.54, 1.807) is 18.4 Å². The lowest BCUT2D eigenvalue weighted by Gasteiger charge is -2.01. The molecular formula is C14H19N3OS. The van der Waals surface area contributed by atoms with Crippen molar-refractivity contribution in [1.82, 2.24) is 15.5 Å². The van der Waals surface area contributed by atoms with Crippen molar-refractivity contribution in [3.63, 3.8) is 0 Å². The van der Waals surface area contributed by atoms with Crippen LogP contribution in [0.4, 0.5) is 0 Å². The van der Waals surface area contributed by atoms with Crippen molar-refractivity contribution in [2.45, 2.75) is 20.4 Å². The highest BCUT2D eigenvalue weighted by atomic mass is 32.1. The molecule has 102 valence electrons. The Morgan fingerprint density at radius 3 is 2.79 bits per heavy atom. The van der Waals surface area contributed by atoms with Crippen LogP contribution in [0.15, 0.2) is 18.2 Å². The summed E-state index contributed by atoms with van der Waals surface area (Å²) in [6, 6.07) is 6.39. The molecule has 2 aromatic rings. The Balaban J connectivity index is 2.01. The lowest BCUT2D eigenvalue weighted by molar-refractivity contribution is 0.199. The highest BCUT2D eigenvalue weighted by Crippen LogP contribution is 2.25. The van der Waals surface area contributed by atoms with E-state index in [2.05, 4.69) is 47.6 Å². The summed E-state index contributed by atoms with van der Waals surface area (Å²) in [6.07, 6.45) is 0. The first-order valence-electron chi connectivity index (χ1n) is 6.30. The maximum atomic E-state index is 4.98. The Morgan fingerprint density at radius 2 is 2.05 bits per heavy atom. The SMILES string of the molecule is COCCNCc1nnc(-c2ccc(C)c(C)c2)s1. The number of nitrogens with zero attached hydrogens (tertiary/aromatic N) is 2. The molecule has 1 aromatic carbocycles. The molecule has 1 aromatic heterocycles. The zero-order chi connectivity index (χ0) is 13.7. The maximum absolute atomic E-state index is 4.98. The van der Waals surface area contributed by atoms with Crippen LogP contribution in [0.25, 0.3) is 10.6 Å². The van der Waals surface area contributed by atoms with Crippen LogP contribution in [0.3, 0.4) is 0 Å². The zero-order valence-corrected chi connectivity index (χ0v) is 12.4. The van der Waals surface area contributed by atoms with Crippen LogP contribution in [-0.2, 0) is 11.3 Å². The van der Waals surface area contributed by atoms with Gasteiger partial charge in [-0.25, -0.2) is 0 Å². The van der Waals surface area contributed by atoms with Gasteiger partial charge in [-0.1, -0.05) is 23.5 Å². The predicted octanol–water partition coefficient (Wildman–Crippen LogP) is 2.56. The second kappa shape index (κ2) is 6.75. The van der Waals surface area contributed by atoms with Crippen LogP contribution < -0.4 is 5.32 Å². The number of hydrogen-bond donors (Lipinski definition) is 1. The summed E-state index contributed by atoms with van der Waals surface area (Å²) in [7, 11) is 1.70. The number of nitrogens with one attached hydrogen (secondary N) is 1. The minimum atomic E-state index is 0.711. The summed E-state index contributed by atoms with van der Waals surface area (Å²) in [5.41, 5.74) is 3.73. The standard InChI is InChI=1S/C14H19N3OS/c1-10-4-5-12(8-11(10)2)14-17-16-13(19-14)9-15-6-7-18-3/h4-5,8,15H,6-7,9H2,1-3H3. The molecule has 1 N–H and O–H groups in total. The molecule has 0 amide bonds. The lowest BCUT2D eigenvalue weighted by Crippen LogP contribution is -2.18. The van der Waals surface area contributed by atoms with Crippen molar-refractivity contribution >= 4 is 11.3 Å². The molecule has 0 aliphatic carbocycles. The summed E-state index contributed by atoms with van der Waals surface area (Å²) < 4.78 is 4.98. The average Bonchev–Trinajstić information content (AvgIpc) is 2.87. The van der Waals surface area contributed by atoms with Crippen molar-refractivity contribution in [1.29, 1.82) is 0 Å². The van der Waals surface area contributed by atoms with Gasteiger partial charge in [0.2, 0.25) is 0 Å². The summed E-state index contributed by atoms with van der Waals surface area (Å²) in [5, 5.41) is 13.7. The molecular weight excluding hydrogens is 258 g/mol. The van der Waals surface area contributed by atoms with E-state index in [1.807, 2.05) is 0 Å². The third-order valence-corrected chi connectivity index (χ3v) is 3.95. The second-order valence-electron chi connectivity index (χ2n) is 4.47. The van der Waals surface area contributed by atoms with Gasteiger partial charge in [-0.15, -0.1) is 10.2 Å². The van der Waals surface area contributed by atoms with Crippen LogP contribution in [-0.4, -0.2) is 30.5 Å². The van der Waals surface area contributed by atoms with Gasteiger partial charge in [0.15, 0.2) is 0 Å². The molecule has 0 bridgehead atoms. The van der Waals surface area contributed by atoms with E-state index >= 15 is 0 Å². The number of benzene rings is 1.